The Bertz CT molecular complexity index is 1020. The summed E-state index contributed by atoms with van der Waals surface area (Å²) >= 11 is 1.39. The number of nitrogens with one attached hydrogen (secondary N) is 1. The number of carbonyl (C=O) groups excluding carboxylic acids is 1. The fourth-order valence-electron chi connectivity index (χ4n) is 3.71. The van der Waals surface area contributed by atoms with Crippen molar-refractivity contribution in [1.29, 1.82) is 0 Å². The SMILES string of the molecule is Cc1cccc(CNc2ncnc3sc(C(=O)N4CCC[C@H]4CO)c(C)c23)n1. The Kier molecular flexibility index (Phi) is 5.23. The number of aliphatic hydroxyl groups is 1. The van der Waals surface area contributed by atoms with E-state index in [0.29, 0.717) is 23.8 Å². The topological polar surface area (TPSA) is 91.2 Å². The van der Waals surface area contributed by atoms with E-state index in [9.17, 15) is 9.90 Å². The van der Waals surface area contributed by atoms with Crippen LogP contribution in [0.2, 0.25) is 0 Å². The van der Waals surface area contributed by atoms with Gasteiger partial charge in [0.15, 0.2) is 0 Å². The molecule has 0 saturated carbocycles. The van der Waals surface area contributed by atoms with Gasteiger partial charge in [0.1, 0.15) is 17.0 Å². The molecule has 3 aromatic rings. The third-order valence-electron chi connectivity index (χ3n) is 5.15. The lowest BCUT2D eigenvalue weighted by atomic mass is 10.1. The van der Waals surface area contributed by atoms with Gasteiger partial charge in [0, 0.05) is 12.2 Å². The van der Waals surface area contributed by atoms with E-state index < -0.39 is 0 Å². The van der Waals surface area contributed by atoms with Crippen molar-refractivity contribution in [1.82, 2.24) is 19.9 Å². The predicted molar refractivity (Wildman–Crippen MR) is 110 cm³/mol. The Morgan fingerprint density at radius 1 is 1.36 bits per heavy atom. The van der Waals surface area contributed by atoms with Gasteiger partial charge in [-0.25, -0.2) is 9.97 Å². The maximum Gasteiger partial charge on any atom is 0.264 e. The summed E-state index contributed by atoms with van der Waals surface area (Å²) in [7, 11) is 0. The van der Waals surface area contributed by atoms with E-state index in [2.05, 4.69) is 20.3 Å². The molecule has 4 heterocycles. The zero-order valence-corrected chi connectivity index (χ0v) is 16.8. The smallest absolute Gasteiger partial charge is 0.264 e. The van der Waals surface area contributed by atoms with Gasteiger partial charge in [-0.1, -0.05) is 6.07 Å². The Morgan fingerprint density at radius 2 is 2.21 bits per heavy atom. The number of amides is 1. The summed E-state index contributed by atoms with van der Waals surface area (Å²) in [6.07, 6.45) is 3.30. The van der Waals surface area contributed by atoms with Crippen LogP contribution in [0.5, 0.6) is 0 Å². The van der Waals surface area contributed by atoms with E-state index in [1.54, 1.807) is 4.90 Å². The van der Waals surface area contributed by atoms with Crippen LogP contribution >= 0.6 is 11.3 Å². The average Bonchev–Trinajstić information content (AvgIpc) is 3.31. The van der Waals surface area contributed by atoms with Crippen molar-refractivity contribution >= 4 is 33.3 Å². The molecule has 8 heteroatoms. The number of rotatable bonds is 5. The zero-order valence-electron chi connectivity index (χ0n) is 16.0. The molecule has 3 aromatic heterocycles. The summed E-state index contributed by atoms with van der Waals surface area (Å²) in [5.41, 5.74) is 2.78. The van der Waals surface area contributed by atoms with Crippen molar-refractivity contribution < 1.29 is 9.90 Å². The number of aryl methyl sites for hydroxylation is 2. The molecule has 2 N–H and O–H groups in total. The predicted octanol–water partition coefficient (Wildman–Crippen LogP) is 2.91. The van der Waals surface area contributed by atoms with Crippen LogP contribution in [0.25, 0.3) is 10.2 Å². The number of aliphatic hydroxyl groups excluding tert-OH is 1. The fourth-order valence-corrected chi connectivity index (χ4v) is 4.81. The average molecular weight is 398 g/mol. The third-order valence-corrected chi connectivity index (χ3v) is 6.34. The van der Waals surface area contributed by atoms with E-state index in [0.717, 1.165) is 40.0 Å². The standard InChI is InChI=1S/C20H23N5O2S/c1-12-5-3-6-14(24-12)9-21-18-16-13(2)17(28-19(16)23-11-22-18)20(27)25-8-4-7-15(25)10-26/h3,5-6,11,15,26H,4,7-10H2,1-2H3,(H,21,22,23)/t15-/m0/s1. The van der Waals surface area contributed by atoms with Gasteiger partial charge in [-0.3, -0.25) is 9.78 Å². The summed E-state index contributed by atoms with van der Waals surface area (Å²) in [5.74, 6) is 0.685. The van der Waals surface area contributed by atoms with Gasteiger partial charge >= 0.3 is 0 Å². The summed E-state index contributed by atoms with van der Waals surface area (Å²) in [6, 6.07) is 5.82. The molecule has 0 aromatic carbocycles. The molecule has 7 nitrogen and oxygen atoms in total. The van der Waals surface area contributed by atoms with E-state index in [1.807, 2.05) is 32.0 Å². The maximum absolute atomic E-state index is 13.1. The number of anilines is 1. The molecule has 0 unspecified atom stereocenters. The Hall–Kier alpha value is -2.58. The molecule has 0 aliphatic carbocycles. The highest BCUT2D eigenvalue weighted by Crippen LogP contribution is 2.35. The largest absolute Gasteiger partial charge is 0.394 e. The molecule has 146 valence electrons. The minimum absolute atomic E-state index is 0.00574. The van der Waals surface area contributed by atoms with Gasteiger partial charge in [-0.15, -0.1) is 11.3 Å². The molecule has 0 bridgehead atoms. The van der Waals surface area contributed by atoms with Crippen LogP contribution in [-0.2, 0) is 6.54 Å². The molecule has 1 atom stereocenters. The summed E-state index contributed by atoms with van der Waals surface area (Å²) in [4.78, 5) is 29.6. The number of carbonyl (C=O) groups is 1. The molecule has 0 spiro atoms. The first-order valence-corrected chi connectivity index (χ1v) is 10.2. The van der Waals surface area contributed by atoms with Crippen LogP contribution in [-0.4, -0.2) is 50.1 Å². The third kappa shape index (κ3) is 3.45. The van der Waals surface area contributed by atoms with E-state index in [1.165, 1.54) is 17.7 Å². The van der Waals surface area contributed by atoms with E-state index >= 15 is 0 Å². The first-order chi connectivity index (χ1) is 13.6. The fraction of sp³-hybridized carbons (Fsp3) is 0.400. The van der Waals surface area contributed by atoms with Gasteiger partial charge < -0.3 is 15.3 Å². The molecule has 1 fully saturated rings. The van der Waals surface area contributed by atoms with E-state index in [4.69, 9.17) is 0 Å². The monoisotopic (exact) mass is 397 g/mol. The van der Waals surface area contributed by atoms with Gasteiger partial charge in [-0.2, -0.15) is 0 Å². The van der Waals surface area contributed by atoms with Crippen molar-refractivity contribution in [3.63, 3.8) is 0 Å². The number of thiophene rings is 1. The normalized spacial score (nSPS) is 16.7. The summed E-state index contributed by atoms with van der Waals surface area (Å²) in [5, 5.41) is 13.8. The number of fused-ring (bicyclic) bond motifs is 1. The first-order valence-electron chi connectivity index (χ1n) is 9.41. The molecular weight excluding hydrogens is 374 g/mol. The number of pyridine rings is 1. The molecule has 0 radical (unpaired) electrons. The van der Waals surface area contributed by atoms with Crippen LogP contribution in [0, 0.1) is 13.8 Å². The molecule has 28 heavy (non-hydrogen) atoms. The molecule has 1 amide bonds. The number of aromatic nitrogens is 3. The van der Waals surface area contributed by atoms with Gasteiger partial charge in [-0.05, 0) is 44.4 Å². The van der Waals surface area contributed by atoms with Crippen LogP contribution in [0.3, 0.4) is 0 Å². The lowest BCUT2D eigenvalue weighted by Gasteiger charge is -2.22. The second-order valence-corrected chi connectivity index (χ2v) is 8.06. The van der Waals surface area contributed by atoms with Gasteiger partial charge in [0.2, 0.25) is 0 Å². The molecule has 4 rings (SSSR count). The number of nitrogens with zero attached hydrogens (tertiary/aromatic N) is 4. The van der Waals surface area contributed by atoms with E-state index in [-0.39, 0.29) is 18.6 Å². The molecular formula is C20H23N5O2S. The molecule has 1 aliphatic rings. The molecule has 1 saturated heterocycles. The lowest BCUT2D eigenvalue weighted by molar-refractivity contribution is 0.0682. The van der Waals surface area contributed by atoms with Crippen LogP contribution < -0.4 is 5.32 Å². The van der Waals surface area contributed by atoms with Crippen LogP contribution in [0.4, 0.5) is 5.82 Å². The quantitative estimate of drug-likeness (QED) is 0.688. The second kappa shape index (κ2) is 7.81. The highest BCUT2D eigenvalue weighted by Gasteiger charge is 2.31. The second-order valence-electron chi connectivity index (χ2n) is 7.06. The Morgan fingerprint density at radius 3 is 3.00 bits per heavy atom. The number of hydrogen-bond acceptors (Lipinski definition) is 7. The van der Waals surface area contributed by atoms with Crippen molar-refractivity contribution in [2.24, 2.45) is 0 Å². The van der Waals surface area contributed by atoms with Gasteiger partial charge in [0.05, 0.1) is 35.2 Å². The van der Waals surface area contributed by atoms with Crippen LogP contribution in [0.15, 0.2) is 24.5 Å². The lowest BCUT2D eigenvalue weighted by Crippen LogP contribution is -2.37. The minimum Gasteiger partial charge on any atom is -0.394 e. The highest BCUT2D eigenvalue weighted by atomic mass is 32.1. The summed E-state index contributed by atoms with van der Waals surface area (Å²) < 4.78 is 0. The Labute approximate surface area is 167 Å². The molecule has 1 aliphatic heterocycles. The Balaban J connectivity index is 1.64. The van der Waals surface area contributed by atoms with Crippen molar-refractivity contribution in [3.8, 4) is 0 Å². The van der Waals surface area contributed by atoms with Crippen molar-refractivity contribution in [2.45, 2.75) is 39.3 Å². The minimum atomic E-state index is -0.0896. The number of likely N-dealkylation sites (tertiary alicyclic amines) is 1. The summed E-state index contributed by atoms with van der Waals surface area (Å²) in [6.45, 7) is 5.14. The first kappa shape index (κ1) is 18.8. The maximum atomic E-state index is 13.1. The zero-order chi connectivity index (χ0) is 19.7. The highest BCUT2D eigenvalue weighted by molar-refractivity contribution is 7.20. The number of hydrogen-bond donors (Lipinski definition) is 2. The van der Waals surface area contributed by atoms with Crippen molar-refractivity contribution in [2.75, 3.05) is 18.5 Å². The van der Waals surface area contributed by atoms with Crippen LogP contribution in [0.1, 0.15) is 39.5 Å². The van der Waals surface area contributed by atoms with Crippen molar-refractivity contribution in [3.05, 3.63) is 46.4 Å². The van der Waals surface area contributed by atoms with Gasteiger partial charge in [0.25, 0.3) is 5.91 Å².